The van der Waals surface area contributed by atoms with E-state index in [1.54, 1.807) is 12.9 Å². The van der Waals surface area contributed by atoms with Crippen molar-refractivity contribution in [3.05, 3.63) is 169 Å². The lowest BCUT2D eigenvalue weighted by Gasteiger charge is -2.31. The third-order valence-corrected chi connectivity index (χ3v) is 23.8. The summed E-state index contributed by atoms with van der Waals surface area (Å²) in [5, 5.41) is 3.75. The molecule has 5 heterocycles. The number of aromatic amines is 2. The lowest BCUT2D eigenvalue weighted by Crippen LogP contribution is -2.36. The molecule has 0 bridgehead atoms. The van der Waals surface area contributed by atoms with E-state index in [2.05, 4.69) is 107 Å². The van der Waals surface area contributed by atoms with E-state index in [4.69, 9.17) is 65.4 Å². The van der Waals surface area contributed by atoms with Gasteiger partial charge in [-0.1, -0.05) is 105 Å². The van der Waals surface area contributed by atoms with Gasteiger partial charge in [0, 0.05) is 69.3 Å². The number of methoxy groups -OCH3 is 2. The molecule has 2 unspecified atom stereocenters. The summed E-state index contributed by atoms with van der Waals surface area (Å²) in [6, 6.07) is 34.4. The standard InChI is InChI=1S/C23H26O2P2S.C16H25N2O6PS.C11H14N2O5.C4H8O/c1-3-24-27(28,25-4-2)20-26(21-14-8-5-9-15-21,22-16-10-6-11-17-22)23-18-12-7-13-19-23;1-5-22-25(26,23-6-2)10-8-12-11(3)14(21-4)15(24-12)18-9-7-13(19)17-16(18)20;1-6-7(5-14)18-10(9(6)17-2)13-4-3-8(15)12-11(13)16;1-2-4-5-3-1/h5-20H,3-4H2,1-2H3;7-12,14-15H,5-6H2,1-4H3,(H,17,19,20);3-7,9-10H,1-2H3,(H,12,15,16);1-4H2/b;10-8+;;/t;11-,12+,14?,15+;6-,7+,9?,10+;/m.00./s1. The fraction of sp³-hybridized carbons (Fsp3) is 0.444. The Morgan fingerprint density at radius 1 is 0.584 bits per heavy atom. The summed E-state index contributed by atoms with van der Waals surface area (Å²) in [6.07, 6.45) is 4.65. The molecule has 3 aromatic carbocycles. The van der Waals surface area contributed by atoms with Crippen molar-refractivity contribution in [1.29, 1.82) is 0 Å². The molecule has 2 aromatic heterocycles. The first-order valence-electron chi connectivity index (χ1n) is 25.5. The maximum Gasteiger partial charge on any atom is 0.330 e. The third-order valence-electron chi connectivity index (χ3n) is 12.5. The molecular weight excluding hydrogens is 1090 g/mol. The number of carbonyl (C=O) groups excluding carboxylic acids is 1. The average Bonchev–Trinajstić information content (AvgIpc) is 4.19. The molecule has 0 aliphatic carbocycles. The Bertz CT molecular complexity index is 2900. The molecule has 2 N–H and O–H groups in total. The highest BCUT2D eigenvalue weighted by Crippen LogP contribution is 2.56. The maximum absolute atomic E-state index is 12.1. The van der Waals surface area contributed by atoms with Crippen molar-refractivity contribution < 1.29 is 46.6 Å². The fourth-order valence-corrected chi connectivity index (χ4v) is 20.4. The molecule has 8 rings (SSSR count). The zero-order chi connectivity index (χ0) is 56.0. The highest BCUT2D eigenvalue weighted by atomic mass is 32.5. The zero-order valence-electron chi connectivity index (χ0n) is 44.8. The number of carbonyl (C=O) groups is 1. The SMILES string of the molecule is C1CCOC1.CCOP(=S)(/C=C/[C@H]1O[C@@H](n2ccc(=O)[nH]c2=O)C(OC)[C@H]1C)OCC.CCOP(=S)(C=P(c1ccccc1)(c1ccccc1)c1ccccc1)OCC.COC1[C@@H](C)[C@@H](C=O)O[C@H]1n1ccc(=O)[nH]c1=O. The summed E-state index contributed by atoms with van der Waals surface area (Å²) in [7, 11) is 3.05. The summed E-state index contributed by atoms with van der Waals surface area (Å²) in [6.45, 7) is 8.17. The van der Waals surface area contributed by atoms with Crippen LogP contribution >= 0.6 is 19.9 Å². The molecule has 18 nitrogen and oxygen atoms in total. The van der Waals surface area contributed by atoms with Gasteiger partial charge in [0.2, 0.25) is 13.0 Å². The van der Waals surface area contributed by atoms with Gasteiger partial charge in [-0.25, -0.2) is 9.59 Å². The van der Waals surface area contributed by atoms with Crippen LogP contribution in [-0.4, -0.2) is 109 Å². The van der Waals surface area contributed by atoms with Gasteiger partial charge in [-0.05, 0) is 98.8 Å². The lowest BCUT2D eigenvalue weighted by molar-refractivity contribution is -0.121. The first-order chi connectivity index (χ1) is 37.1. The number of nitrogens with zero attached hydrogens (tertiary/aromatic N) is 2. The molecule has 0 spiro atoms. The number of H-pyrrole nitrogens is 2. The highest BCUT2D eigenvalue weighted by Gasteiger charge is 2.44. The van der Waals surface area contributed by atoms with E-state index in [-0.39, 0.29) is 24.0 Å². The Labute approximate surface area is 460 Å². The molecule has 3 saturated heterocycles. The van der Waals surface area contributed by atoms with Gasteiger partial charge >= 0.3 is 11.4 Å². The smallest absolute Gasteiger partial charge is 0.330 e. The van der Waals surface area contributed by atoms with Crippen LogP contribution < -0.4 is 38.4 Å². The molecule has 5 aromatic rings. The summed E-state index contributed by atoms with van der Waals surface area (Å²) in [5.74, 6) is 1.53. The lowest BCUT2D eigenvalue weighted by atomic mass is 10.0. The molecule has 3 aliphatic heterocycles. The molecule has 23 heteroatoms. The van der Waals surface area contributed by atoms with E-state index in [0.717, 1.165) is 13.2 Å². The Morgan fingerprint density at radius 2 is 0.961 bits per heavy atom. The van der Waals surface area contributed by atoms with Gasteiger partial charge in [-0.2, -0.15) is 0 Å². The number of aldehydes is 1. The van der Waals surface area contributed by atoms with Crippen molar-refractivity contribution in [2.75, 3.05) is 53.9 Å². The molecule has 0 amide bonds. The number of nitrogens with one attached hydrogen (secondary N) is 2. The van der Waals surface area contributed by atoms with Gasteiger partial charge in [0.05, 0.1) is 32.5 Å². The van der Waals surface area contributed by atoms with Gasteiger partial charge in [-0.3, -0.25) is 28.7 Å². The van der Waals surface area contributed by atoms with Crippen molar-refractivity contribution in [3.63, 3.8) is 0 Å². The average molecular weight is 1160 g/mol. The van der Waals surface area contributed by atoms with Crippen LogP contribution in [0.1, 0.15) is 66.8 Å². The van der Waals surface area contributed by atoms with Gasteiger partial charge in [-0.15, -0.1) is 0 Å². The van der Waals surface area contributed by atoms with Crippen molar-refractivity contribution in [3.8, 4) is 0 Å². The summed E-state index contributed by atoms with van der Waals surface area (Å²) in [5.41, 5.74) is 0.172. The van der Waals surface area contributed by atoms with E-state index >= 15 is 0 Å². The van der Waals surface area contributed by atoms with Crippen molar-refractivity contribution in [2.45, 2.75) is 91.3 Å². The molecule has 3 aliphatic rings. The molecule has 420 valence electrons. The minimum atomic E-state index is -2.58. The zero-order valence-corrected chi connectivity index (χ0v) is 49.1. The molecule has 8 atom stereocenters. The minimum absolute atomic E-state index is 0.0493. The second-order valence-corrected chi connectivity index (χ2v) is 28.0. The van der Waals surface area contributed by atoms with Gasteiger partial charge in [0.15, 0.2) is 12.5 Å². The van der Waals surface area contributed by atoms with E-state index < -0.39 is 67.0 Å². The Balaban J connectivity index is 0.000000207. The number of rotatable bonds is 19. The Morgan fingerprint density at radius 3 is 1.30 bits per heavy atom. The second-order valence-electron chi connectivity index (χ2n) is 17.5. The van der Waals surface area contributed by atoms with E-state index in [9.17, 15) is 24.0 Å². The first kappa shape index (κ1) is 63.5. The van der Waals surface area contributed by atoms with Crippen LogP contribution in [-0.2, 0) is 70.2 Å². The van der Waals surface area contributed by atoms with Crippen LogP contribution in [0, 0.1) is 11.8 Å². The third kappa shape index (κ3) is 17.1. The fourth-order valence-electron chi connectivity index (χ4n) is 8.86. The number of aromatic nitrogens is 4. The number of hydrogen-bond donors (Lipinski definition) is 2. The summed E-state index contributed by atoms with van der Waals surface area (Å²) in [4.78, 5) is 61.3. The molecular formula is C54H73N4O14P3S2. The van der Waals surface area contributed by atoms with Crippen LogP contribution in [0.25, 0.3) is 0 Å². The van der Waals surface area contributed by atoms with Gasteiger partial charge in [0.1, 0.15) is 24.6 Å². The maximum atomic E-state index is 12.1. The molecule has 3 fully saturated rings. The Hall–Kier alpha value is -4.33. The number of hydrogen-bond acceptors (Lipinski definition) is 16. The van der Waals surface area contributed by atoms with Crippen LogP contribution in [0.15, 0.2) is 147 Å². The molecule has 0 saturated carbocycles. The van der Waals surface area contributed by atoms with Crippen LogP contribution in [0.2, 0.25) is 0 Å². The van der Waals surface area contributed by atoms with E-state index in [0.29, 0.717) is 32.7 Å². The van der Waals surface area contributed by atoms with Gasteiger partial charge in [0.25, 0.3) is 11.1 Å². The number of benzene rings is 3. The van der Waals surface area contributed by atoms with Gasteiger partial charge < -0.3 is 46.6 Å². The number of ether oxygens (including phenoxy) is 5. The summed E-state index contributed by atoms with van der Waals surface area (Å²) < 4.78 is 53.1. The summed E-state index contributed by atoms with van der Waals surface area (Å²) >= 11 is 11.5. The quantitative estimate of drug-likeness (QED) is 0.0619. The van der Waals surface area contributed by atoms with Crippen molar-refractivity contribution >= 4 is 71.2 Å². The van der Waals surface area contributed by atoms with Crippen LogP contribution in [0.4, 0.5) is 0 Å². The van der Waals surface area contributed by atoms with Crippen molar-refractivity contribution in [2.24, 2.45) is 11.8 Å². The van der Waals surface area contributed by atoms with E-state index in [1.807, 2.05) is 47.6 Å². The second kappa shape index (κ2) is 31.5. The largest absolute Gasteiger partial charge is 0.381 e. The molecule has 77 heavy (non-hydrogen) atoms. The first-order valence-corrected chi connectivity index (χ1v) is 32.8. The van der Waals surface area contributed by atoms with E-state index in [1.165, 1.54) is 69.5 Å². The predicted molar refractivity (Wildman–Crippen MR) is 312 cm³/mol. The monoisotopic (exact) mass is 1160 g/mol. The minimum Gasteiger partial charge on any atom is -0.381 e. The normalized spacial score (nSPS) is 22.2. The van der Waals surface area contributed by atoms with Crippen LogP contribution in [0.3, 0.4) is 0 Å². The topological polar surface area (TPSA) is 210 Å². The van der Waals surface area contributed by atoms with Crippen molar-refractivity contribution in [1.82, 2.24) is 19.1 Å². The Kier molecular flexibility index (Phi) is 25.9. The highest BCUT2D eigenvalue weighted by molar-refractivity contribution is 8.23. The van der Waals surface area contributed by atoms with Crippen LogP contribution in [0.5, 0.6) is 0 Å². The molecule has 0 radical (unpaired) electrons. The predicted octanol–water partition coefficient (Wildman–Crippen LogP) is 7.18.